The zero-order chi connectivity index (χ0) is 16.0. The number of hydrogen-bond donors (Lipinski definition) is 1. The van der Waals surface area contributed by atoms with Crippen LogP contribution in [0.2, 0.25) is 0 Å². The lowest BCUT2D eigenvalue weighted by molar-refractivity contribution is -0.185. The second-order valence-corrected chi connectivity index (χ2v) is 7.44. The van der Waals surface area contributed by atoms with Crippen molar-refractivity contribution in [1.29, 1.82) is 0 Å². The summed E-state index contributed by atoms with van der Waals surface area (Å²) >= 11 is 0. The maximum atomic E-state index is 12.7. The molecule has 5 heteroatoms. The van der Waals surface area contributed by atoms with Gasteiger partial charge in [0.1, 0.15) is 0 Å². The number of likely N-dealkylation sites (N-methyl/N-ethyl adjacent to an activating group) is 1. The quantitative estimate of drug-likeness (QED) is 0.839. The van der Waals surface area contributed by atoms with E-state index in [1.54, 1.807) is 7.11 Å². The highest BCUT2D eigenvalue weighted by Gasteiger charge is 2.72. The van der Waals surface area contributed by atoms with E-state index in [9.17, 15) is 9.90 Å². The summed E-state index contributed by atoms with van der Waals surface area (Å²) in [4.78, 5) is 14.9. The fourth-order valence-corrected chi connectivity index (χ4v) is 5.69. The summed E-state index contributed by atoms with van der Waals surface area (Å²) in [6, 6.07) is 4.05. The molecule has 1 unspecified atom stereocenters. The number of ketones is 1. The van der Waals surface area contributed by atoms with E-state index < -0.39 is 17.1 Å². The van der Waals surface area contributed by atoms with Gasteiger partial charge in [0.2, 0.25) is 0 Å². The van der Waals surface area contributed by atoms with E-state index >= 15 is 0 Å². The van der Waals surface area contributed by atoms with Crippen LogP contribution >= 0.6 is 0 Å². The van der Waals surface area contributed by atoms with Gasteiger partial charge in [0.05, 0.1) is 18.1 Å². The zero-order valence-electron chi connectivity index (χ0n) is 13.5. The summed E-state index contributed by atoms with van der Waals surface area (Å²) < 4.78 is 11.6. The van der Waals surface area contributed by atoms with E-state index in [0.29, 0.717) is 24.3 Å². The van der Waals surface area contributed by atoms with Gasteiger partial charge in [-0.1, -0.05) is 6.07 Å². The highest BCUT2D eigenvalue weighted by atomic mass is 16.5. The monoisotopic (exact) mass is 315 g/mol. The van der Waals surface area contributed by atoms with E-state index in [1.165, 1.54) is 5.56 Å². The molecule has 5 rings (SSSR count). The molecule has 0 aromatic heterocycles. The van der Waals surface area contributed by atoms with Gasteiger partial charge in [-0.05, 0) is 44.5 Å². The molecule has 0 amide bonds. The topological polar surface area (TPSA) is 59.0 Å². The molecule has 2 fully saturated rings. The molecule has 1 spiro atoms. The largest absolute Gasteiger partial charge is 0.493 e. The van der Waals surface area contributed by atoms with Gasteiger partial charge < -0.3 is 19.5 Å². The second kappa shape index (κ2) is 4.08. The summed E-state index contributed by atoms with van der Waals surface area (Å²) in [7, 11) is 3.70. The van der Waals surface area contributed by atoms with Crippen molar-refractivity contribution in [2.75, 3.05) is 20.7 Å². The Balaban J connectivity index is 1.86. The van der Waals surface area contributed by atoms with Crippen LogP contribution in [0.4, 0.5) is 0 Å². The first kappa shape index (κ1) is 13.8. The van der Waals surface area contributed by atoms with Gasteiger partial charge in [0, 0.05) is 18.0 Å². The maximum absolute atomic E-state index is 12.7. The lowest BCUT2D eigenvalue weighted by Crippen LogP contribution is -2.76. The number of methoxy groups -OCH3 is 1. The van der Waals surface area contributed by atoms with Crippen LogP contribution in [0.3, 0.4) is 0 Å². The van der Waals surface area contributed by atoms with E-state index in [0.717, 1.165) is 24.9 Å². The van der Waals surface area contributed by atoms with Crippen molar-refractivity contribution >= 4 is 5.78 Å². The van der Waals surface area contributed by atoms with Crippen LogP contribution < -0.4 is 9.47 Å². The summed E-state index contributed by atoms with van der Waals surface area (Å²) in [5.74, 6) is 1.47. The summed E-state index contributed by atoms with van der Waals surface area (Å²) in [5.41, 5.74) is 0.737. The van der Waals surface area contributed by atoms with Gasteiger partial charge in [-0.15, -0.1) is 0 Å². The number of likely N-dealkylation sites (tertiary alicyclic amines) is 1. The number of nitrogens with zero attached hydrogens (tertiary/aromatic N) is 1. The standard InChI is InChI=1S/C18H21NO4/c1-19-8-7-17-14-10-3-4-12(22-2)15(14)23-16(17)11(20)5-6-18(17,21)13(19)9-10/h3-4,13,16,21H,5-9H2,1-2H3/t13?,16-,17-,18+/m1/s1. The molecule has 1 N–H and O–H groups in total. The molecule has 1 saturated carbocycles. The number of hydrogen-bond acceptors (Lipinski definition) is 5. The molecule has 2 aliphatic heterocycles. The molecule has 1 aromatic carbocycles. The van der Waals surface area contributed by atoms with Crippen molar-refractivity contribution in [2.45, 2.75) is 48.8 Å². The third-order valence-corrected chi connectivity index (χ3v) is 6.73. The van der Waals surface area contributed by atoms with Gasteiger partial charge in [-0.25, -0.2) is 0 Å². The number of piperidine rings is 1. The predicted molar refractivity (Wildman–Crippen MR) is 83.0 cm³/mol. The van der Waals surface area contributed by atoms with Crippen molar-refractivity contribution < 1.29 is 19.4 Å². The van der Waals surface area contributed by atoms with Crippen molar-refractivity contribution in [3.63, 3.8) is 0 Å². The minimum atomic E-state index is -0.900. The van der Waals surface area contributed by atoms with Crippen LogP contribution in [0, 0.1) is 0 Å². The van der Waals surface area contributed by atoms with Crippen LogP contribution in [-0.4, -0.2) is 54.2 Å². The van der Waals surface area contributed by atoms with Gasteiger partial charge in [0.15, 0.2) is 23.4 Å². The Labute approximate surface area is 135 Å². The smallest absolute Gasteiger partial charge is 0.174 e. The van der Waals surface area contributed by atoms with Crippen LogP contribution in [0.5, 0.6) is 11.5 Å². The molecule has 5 nitrogen and oxygen atoms in total. The molecule has 4 aliphatic rings. The normalized spacial score (nSPS) is 40.6. The number of carbonyl (C=O) groups excluding carboxylic acids is 1. The molecule has 1 aromatic rings. The highest BCUT2D eigenvalue weighted by Crippen LogP contribution is 2.64. The van der Waals surface area contributed by atoms with Crippen LogP contribution in [0.15, 0.2) is 12.1 Å². The average Bonchev–Trinajstić information content (AvgIpc) is 2.90. The summed E-state index contributed by atoms with van der Waals surface area (Å²) in [6.45, 7) is 0.871. The molecule has 2 aliphatic carbocycles. The van der Waals surface area contributed by atoms with Gasteiger partial charge in [-0.2, -0.15) is 0 Å². The van der Waals surface area contributed by atoms with Gasteiger partial charge in [-0.3, -0.25) is 4.79 Å². The van der Waals surface area contributed by atoms with Gasteiger partial charge in [0.25, 0.3) is 0 Å². The fourth-order valence-electron chi connectivity index (χ4n) is 5.69. The highest BCUT2D eigenvalue weighted by molar-refractivity contribution is 5.90. The molecular weight excluding hydrogens is 294 g/mol. The van der Waals surface area contributed by atoms with Crippen LogP contribution in [0.25, 0.3) is 0 Å². The Morgan fingerprint density at radius 1 is 1.39 bits per heavy atom. The van der Waals surface area contributed by atoms with Crippen molar-refractivity contribution in [3.8, 4) is 11.5 Å². The number of ether oxygens (including phenoxy) is 2. The molecular formula is C18H21NO4. The second-order valence-electron chi connectivity index (χ2n) is 7.44. The Morgan fingerprint density at radius 3 is 3.00 bits per heavy atom. The maximum Gasteiger partial charge on any atom is 0.174 e. The van der Waals surface area contributed by atoms with Crippen molar-refractivity contribution in [3.05, 3.63) is 23.3 Å². The number of Topliss-reactive ketones (excluding diaryl/α,β-unsaturated/α-hetero) is 1. The molecule has 0 radical (unpaired) electrons. The van der Waals surface area contributed by atoms with Crippen molar-refractivity contribution in [1.82, 2.24) is 4.90 Å². The molecule has 1 saturated heterocycles. The van der Waals surface area contributed by atoms with E-state index in [-0.39, 0.29) is 11.8 Å². The SMILES string of the molecule is COc1ccc2c3c1O[C@@H]1C(=O)CC[C@]4(O)C(C2)N(C)CC[C@@]314. The Hall–Kier alpha value is -1.59. The first-order chi connectivity index (χ1) is 11.0. The molecule has 4 atom stereocenters. The lowest BCUT2D eigenvalue weighted by Gasteiger charge is -2.62. The minimum absolute atomic E-state index is 0.0438. The number of carbonyl (C=O) groups is 1. The lowest BCUT2D eigenvalue weighted by atomic mass is 9.49. The zero-order valence-corrected chi connectivity index (χ0v) is 13.5. The Kier molecular flexibility index (Phi) is 2.45. The molecule has 122 valence electrons. The fraction of sp³-hybridized carbons (Fsp3) is 0.611. The third-order valence-electron chi connectivity index (χ3n) is 6.73. The van der Waals surface area contributed by atoms with Crippen LogP contribution in [0.1, 0.15) is 30.4 Å². The first-order valence-corrected chi connectivity index (χ1v) is 8.35. The van der Waals surface area contributed by atoms with E-state index in [1.807, 2.05) is 6.07 Å². The Morgan fingerprint density at radius 2 is 2.22 bits per heavy atom. The predicted octanol–water partition coefficient (Wildman–Crippen LogP) is 1.05. The number of benzene rings is 1. The molecule has 2 bridgehead atoms. The number of aliphatic hydroxyl groups is 1. The number of rotatable bonds is 1. The minimum Gasteiger partial charge on any atom is -0.493 e. The first-order valence-electron chi connectivity index (χ1n) is 8.35. The summed E-state index contributed by atoms with van der Waals surface area (Å²) in [6.07, 6.45) is 1.89. The van der Waals surface area contributed by atoms with Crippen molar-refractivity contribution in [2.24, 2.45) is 0 Å². The summed E-state index contributed by atoms with van der Waals surface area (Å²) in [5, 5.41) is 11.7. The third kappa shape index (κ3) is 1.32. The Bertz CT molecular complexity index is 732. The molecule has 2 heterocycles. The average molecular weight is 315 g/mol. The van der Waals surface area contributed by atoms with E-state index in [2.05, 4.69) is 18.0 Å². The molecule has 23 heavy (non-hydrogen) atoms. The van der Waals surface area contributed by atoms with E-state index in [4.69, 9.17) is 9.47 Å². The van der Waals surface area contributed by atoms with Gasteiger partial charge >= 0.3 is 0 Å². The van der Waals surface area contributed by atoms with Crippen LogP contribution in [-0.2, 0) is 16.6 Å².